The first-order valence-electron chi connectivity index (χ1n) is 5.41. The Balaban J connectivity index is 2.40. The minimum absolute atomic E-state index is 0.128. The number of nitrogens with one attached hydrogen (secondary N) is 2. The predicted molar refractivity (Wildman–Crippen MR) is 66.0 cm³/mol. The Bertz CT molecular complexity index is 548. The number of aromatic nitrogens is 1. The van der Waals surface area contributed by atoms with E-state index in [0.717, 1.165) is 0 Å². The van der Waals surface area contributed by atoms with Gasteiger partial charge in [-0.2, -0.15) is 8.78 Å². The molecular weight excluding hydrogens is 296 g/mol. The predicted octanol–water partition coefficient (Wildman–Crippen LogP) is -0.0380. The van der Waals surface area contributed by atoms with Gasteiger partial charge in [0.25, 0.3) is 15.9 Å². The molecule has 0 spiro atoms. The average molecular weight is 309 g/mol. The molecule has 0 atom stereocenters. The second-order valence-corrected chi connectivity index (χ2v) is 5.28. The number of alkyl halides is 2. The summed E-state index contributed by atoms with van der Waals surface area (Å²) < 4.78 is 51.9. The standard InChI is InChI=1S/C10H13F2N3O4S/c1-19-8-3-2-7(6-14-8)9(16)13-4-5-15-20(17,18)10(11)12/h2-3,6,10,15H,4-5H2,1H3,(H,13,16). The van der Waals surface area contributed by atoms with Crippen molar-refractivity contribution < 1.29 is 26.7 Å². The monoisotopic (exact) mass is 309 g/mol. The van der Waals surface area contributed by atoms with E-state index in [1.54, 1.807) is 4.72 Å². The summed E-state index contributed by atoms with van der Waals surface area (Å²) in [5, 5.41) is 2.36. The van der Waals surface area contributed by atoms with Crippen LogP contribution < -0.4 is 14.8 Å². The van der Waals surface area contributed by atoms with Crippen molar-refractivity contribution in [1.82, 2.24) is 15.0 Å². The maximum absolute atomic E-state index is 12.0. The zero-order valence-corrected chi connectivity index (χ0v) is 11.3. The summed E-state index contributed by atoms with van der Waals surface area (Å²) in [5.41, 5.74) is 0.238. The van der Waals surface area contributed by atoms with Gasteiger partial charge in [-0.15, -0.1) is 0 Å². The maximum Gasteiger partial charge on any atom is 0.350 e. The van der Waals surface area contributed by atoms with E-state index >= 15 is 0 Å². The van der Waals surface area contributed by atoms with Crippen molar-refractivity contribution in [3.05, 3.63) is 23.9 Å². The lowest BCUT2D eigenvalue weighted by molar-refractivity contribution is 0.0954. The number of carbonyl (C=O) groups excluding carboxylic acids is 1. The van der Waals surface area contributed by atoms with E-state index in [1.165, 1.54) is 25.4 Å². The van der Waals surface area contributed by atoms with Gasteiger partial charge >= 0.3 is 5.76 Å². The lowest BCUT2D eigenvalue weighted by atomic mass is 10.2. The van der Waals surface area contributed by atoms with Crippen molar-refractivity contribution in [1.29, 1.82) is 0 Å². The molecule has 2 N–H and O–H groups in total. The molecule has 112 valence electrons. The highest BCUT2D eigenvalue weighted by molar-refractivity contribution is 7.89. The minimum Gasteiger partial charge on any atom is -0.481 e. The van der Waals surface area contributed by atoms with E-state index in [2.05, 4.69) is 10.3 Å². The number of nitrogens with zero attached hydrogens (tertiary/aromatic N) is 1. The molecule has 0 aliphatic heterocycles. The Hall–Kier alpha value is -1.81. The number of hydrogen-bond acceptors (Lipinski definition) is 5. The SMILES string of the molecule is COc1ccc(C(=O)NCCNS(=O)(=O)C(F)F)cn1. The van der Waals surface area contributed by atoms with Crippen LogP contribution in [0.15, 0.2) is 18.3 Å². The quantitative estimate of drug-likeness (QED) is 0.689. The molecule has 0 saturated carbocycles. The van der Waals surface area contributed by atoms with Crippen LogP contribution in [-0.2, 0) is 10.0 Å². The molecule has 20 heavy (non-hydrogen) atoms. The minimum atomic E-state index is -4.63. The highest BCUT2D eigenvalue weighted by Gasteiger charge is 2.22. The first kappa shape index (κ1) is 16.2. The largest absolute Gasteiger partial charge is 0.481 e. The Kier molecular flexibility index (Phi) is 5.77. The summed E-state index contributed by atoms with van der Waals surface area (Å²) in [5.74, 6) is -3.66. The van der Waals surface area contributed by atoms with Crippen molar-refractivity contribution in [2.75, 3.05) is 20.2 Å². The number of methoxy groups -OCH3 is 1. The molecule has 0 aromatic carbocycles. The van der Waals surface area contributed by atoms with Crippen molar-refractivity contribution in [3.8, 4) is 5.88 Å². The van der Waals surface area contributed by atoms with Crippen molar-refractivity contribution in [2.24, 2.45) is 0 Å². The van der Waals surface area contributed by atoms with E-state index in [-0.39, 0.29) is 18.7 Å². The molecule has 0 radical (unpaired) electrons. The van der Waals surface area contributed by atoms with Crippen LogP contribution in [0.4, 0.5) is 8.78 Å². The van der Waals surface area contributed by atoms with Crippen LogP contribution in [0.2, 0.25) is 0 Å². The van der Waals surface area contributed by atoms with Gasteiger partial charge in [0.1, 0.15) is 0 Å². The van der Waals surface area contributed by atoms with Crippen molar-refractivity contribution in [2.45, 2.75) is 5.76 Å². The van der Waals surface area contributed by atoms with E-state index in [4.69, 9.17) is 4.74 Å². The molecule has 1 heterocycles. The number of halogens is 2. The maximum atomic E-state index is 12.0. The zero-order valence-electron chi connectivity index (χ0n) is 10.5. The van der Waals surface area contributed by atoms with Gasteiger partial charge < -0.3 is 10.1 Å². The summed E-state index contributed by atoms with van der Waals surface area (Å²) in [7, 11) is -3.21. The van der Waals surface area contributed by atoms with Gasteiger partial charge in [-0.25, -0.2) is 18.1 Å². The summed E-state index contributed by atoms with van der Waals surface area (Å²) >= 11 is 0. The van der Waals surface area contributed by atoms with Crippen LogP contribution in [0.25, 0.3) is 0 Å². The molecule has 0 fully saturated rings. The smallest absolute Gasteiger partial charge is 0.350 e. The molecule has 1 aromatic rings. The number of sulfonamides is 1. The lowest BCUT2D eigenvalue weighted by Gasteiger charge is -2.07. The molecule has 10 heteroatoms. The van der Waals surface area contributed by atoms with Gasteiger partial charge in [0, 0.05) is 25.4 Å². The summed E-state index contributed by atoms with van der Waals surface area (Å²) in [6, 6.07) is 2.94. The first-order valence-corrected chi connectivity index (χ1v) is 6.96. The van der Waals surface area contributed by atoms with E-state index in [0.29, 0.717) is 5.88 Å². The zero-order chi connectivity index (χ0) is 15.2. The van der Waals surface area contributed by atoms with E-state index in [1.807, 2.05) is 0 Å². The van der Waals surface area contributed by atoms with Crippen LogP contribution in [0.5, 0.6) is 5.88 Å². The second kappa shape index (κ2) is 7.10. The van der Waals surface area contributed by atoms with Crippen LogP contribution >= 0.6 is 0 Å². The summed E-state index contributed by atoms with van der Waals surface area (Å²) in [6.07, 6.45) is 1.28. The molecule has 0 bridgehead atoms. The summed E-state index contributed by atoms with van der Waals surface area (Å²) in [6.45, 7) is -0.460. The van der Waals surface area contributed by atoms with Crippen LogP contribution in [0.3, 0.4) is 0 Å². The number of carbonyl (C=O) groups is 1. The third-order valence-electron chi connectivity index (χ3n) is 2.16. The van der Waals surface area contributed by atoms with Gasteiger partial charge in [-0.1, -0.05) is 0 Å². The molecule has 1 rings (SSSR count). The molecular formula is C10H13F2N3O4S. The van der Waals surface area contributed by atoms with Crippen molar-refractivity contribution in [3.63, 3.8) is 0 Å². The molecule has 0 unspecified atom stereocenters. The number of amides is 1. The van der Waals surface area contributed by atoms with Gasteiger partial charge in [0.05, 0.1) is 12.7 Å². The van der Waals surface area contributed by atoms with Crippen LogP contribution in [-0.4, -0.2) is 45.3 Å². The highest BCUT2D eigenvalue weighted by atomic mass is 32.2. The number of ether oxygens (including phenoxy) is 1. The molecule has 0 aliphatic rings. The molecule has 0 saturated heterocycles. The molecule has 0 aliphatic carbocycles. The van der Waals surface area contributed by atoms with Gasteiger partial charge in [0.2, 0.25) is 5.88 Å². The normalized spacial score (nSPS) is 11.4. The van der Waals surface area contributed by atoms with Gasteiger partial charge in [-0.05, 0) is 6.07 Å². The number of hydrogen-bond donors (Lipinski definition) is 2. The Labute approximate surface area is 114 Å². The van der Waals surface area contributed by atoms with E-state index in [9.17, 15) is 22.0 Å². The third kappa shape index (κ3) is 4.70. The van der Waals surface area contributed by atoms with Crippen LogP contribution in [0, 0.1) is 0 Å². The fourth-order valence-corrected chi connectivity index (χ4v) is 1.68. The molecule has 1 aromatic heterocycles. The fraction of sp³-hybridized carbons (Fsp3) is 0.400. The Morgan fingerprint density at radius 3 is 2.60 bits per heavy atom. The van der Waals surface area contributed by atoms with Gasteiger partial charge in [0.15, 0.2) is 0 Å². The topological polar surface area (TPSA) is 97.4 Å². The number of rotatable bonds is 7. The lowest BCUT2D eigenvalue weighted by Crippen LogP contribution is -2.37. The fourth-order valence-electron chi connectivity index (χ4n) is 1.17. The Morgan fingerprint density at radius 1 is 1.40 bits per heavy atom. The molecule has 7 nitrogen and oxygen atoms in total. The van der Waals surface area contributed by atoms with Crippen LogP contribution in [0.1, 0.15) is 10.4 Å². The third-order valence-corrected chi connectivity index (χ3v) is 3.23. The summed E-state index contributed by atoms with van der Waals surface area (Å²) in [4.78, 5) is 15.4. The number of pyridine rings is 1. The second-order valence-electron chi connectivity index (χ2n) is 3.55. The molecule has 1 amide bonds. The highest BCUT2D eigenvalue weighted by Crippen LogP contribution is 2.06. The van der Waals surface area contributed by atoms with Crippen molar-refractivity contribution >= 4 is 15.9 Å². The first-order chi connectivity index (χ1) is 9.36. The van der Waals surface area contributed by atoms with Gasteiger partial charge in [-0.3, -0.25) is 4.79 Å². The van der Waals surface area contributed by atoms with E-state index < -0.39 is 21.7 Å². The average Bonchev–Trinajstić information content (AvgIpc) is 2.43. The Morgan fingerprint density at radius 2 is 2.10 bits per heavy atom.